The summed E-state index contributed by atoms with van der Waals surface area (Å²) in [6.07, 6.45) is 0. The second-order valence-corrected chi connectivity index (χ2v) is 6.14. The molecule has 96 valence electrons. The number of halogens is 4. The Morgan fingerprint density at radius 3 is 2.42 bits per heavy atom. The van der Waals surface area contributed by atoms with Crippen LogP contribution < -0.4 is 4.74 Å². The molecule has 0 aliphatic rings. The molecule has 19 heavy (non-hydrogen) atoms. The Balaban J connectivity index is 2.45. The van der Waals surface area contributed by atoms with Gasteiger partial charge in [0.05, 0.1) is 15.6 Å². The highest BCUT2D eigenvalue weighted by Gasteiger charge is 2.11. The van der Waals surface area contributed by atoms with Crippen molar-refractivity contribution >= 4 is 55.1 Å². The first-order valence-corrected chi connectivity index (χ1v) is 7.37. The third-order valence-electron chi connectivity index (χ3n) is 2.26. The minimum absolute atomic E-state index is 0.393. The molecule has 2 aromatic rings. The van der Waals surface area contributed by atoms with Crippen LogP contribution in [0.3, 0.4) is 0 Å². The van der Waals surface area contributed by atoms with Crippen LogP contribution >= 0.6 is 55.1 Å². The number of nitrogens with zero attached hydrogens (tertiary/aromatic N) is 1. The van der Waals surface area contributed by atoms with Crippen molar-refractivity contribution in [2.45, 2.75) is 0 Å². The first kappa shape index (κ1) is 14.7. The van der Waals surface area contributed by atoms with Crippen LogP contribution in [0.4, 0.5) is 0 Å². The Morgan fingerprint density at radius 2 is 1.74 bits per heavy atom. The molecule has 0 saturated carbocycles. The zero-order chi connectivity index (χ0) is 14.0. The van der Waals surface area contributed by atoms with Crippen molar-refractivity contribution in [3.05, 3.63) is 54.9 Å². The standard InChI is InChI=1S/C13H5Br2Cl2NO/c14-8-2-1-7(6-18)12(3-8)19-13-5-10(16)9(15)4-11(13)17/h1-5H. The van der Waals surface area contributed by atoms with E-state index in [1.165, 1.54) is 0 Å². The van der Waals surface area contributed by atoms with Gasteiger partial charge in [0.2, 0.25) is 0 Å². The molecule has 2 rings (SSSR count). The molecule has 0 heterocycles. The average Bonchev–Trinajstić information content (AvgIpc) is 2.36. The van der Waals surface area contributed by atoms with Crippen LogP contribution in [0.15, 0.2) is 39.3 Å². The number of ether oxygens (including phenoxy) is 1. The quantitative estimate of drug-likeness (QED) is 0.542. The number of rotatable bonds is 2. The molecule has 0 fully saturated rings. The van der Waals surface area contributed by atoms with E-state index in [4.69, 9.17) is 33.2 Å². The maximum atomic E-state index is 9.04. The number of hydrogen-bond acceptors (Lipinski definition) is 2. The van der Waals surface area contributed by atoms with Crippen molar-refractivity contribution in [1.82, 2.24) is 0 Å². The average molecular weight is 422 g/mol. The highest BCUT2D eigenvalue weighted by molar-refractivity contribution is 9.10. The van der Waals surface area contributed by atoms with Crippen LogP contribution in [0, 0.1) is 11.3 Å². The highest BCUT2D eigenvalue weighted by atomic mass is 79.9. The molecule has 0 atom stereocenters. The Morgan fingerprint density at radius 1 is 1.00 bits per heavy atom. The molecular formula is C13H5Br2Cl2NO. The van der Waals surface area contributed by atoms with E-state index in [0.717, 1.165) is 4.47 Å². The summed E-state index contributed by atoms with van der Waals surface area (Å²) in [4.78, 5) is 0. The van der Waals surface area contributed by atoms with Gasteiger partial charge >= 0.3 is 0 Å². The van der Waals surface area contributed by atoms with E-state index in [1.807, 2.05) is 0 Å². The summed E-state index contributed by atoms with van der Waals surface area (Å²) in [5.74, 6) is 0.807. The second kappa shape index (κ2) is 6.15. The molecule has 0 bridgehead atoms. The van der Waals surface area contributed by atoms with E-state index in [0.29, 0.717) is 31.6 Å². The lowest BCUT2D eigenvalue weighted by Crippen LogP contribution is -1.90. The molecule has 0 amide bonds. The van der Waals surface area contributed by atoms with Crippen molar-refractivity contribution in [3.8, 4) is 17.6 Å². The second-order valence-electron chi connectivity index (χ2n) is 3.55. The topological polar surface area (TPSA) is 33.0 Å². The Kier molecular flexibility index (Phi) is 4.75. The molecule has 0 spiro atoms. The minimum atomic E-state index is 0.393. The number of nitriles is 1. The summed E-state index contributed by atoms with van der Waals surface area (Å²) in [5.41, 5.74) is 0.415. The van der Waals surface area contributed by atoms with Crippen molar-refractivity contribution in [3.63, 3.8) is 0 Å². The fourth-order valence-corrected chi connectivity index (χ4v) is 2.55. The maximum absolute atomic E-state index is 9.04. The molecular weight excluding hydrogens is 417 g/mol. The summed E-state index contributed by atoms with van der Waals surface area (Å²) in [6.45, 7) is 0. The predicted molar refractivity (Wildman–Crippen MR) is 83.1 cm³/mol. The van der Waals surface area contributed by atoms with E-state index in [2.05, 4.69) is 37.9 Å². The molecule has 2 aromatic carbocycles. The van der Waals surface area contributed by atoms with Crippen LogP contribution in [0.25, 0.3) is 0 Å². The zero-order valence-corrected chi connectivity index (χ0v) is 13.9. The maximum Gasteiger partial charge on any atom is 0.147 e. The van der Waals surface area contributed by atoms with Gasteiger partial charge < -0.3 is 4.74 Å². The Labute approximate surface area is 137 Å². The fraction of sp³-hybridized carbons (Fsp3) is 0. The highest BCUT2D eigenvalue weighted by Crippen LogP contribution is 2.37. The third-order valence-corrected chi connectivity index (χ3v) is 4.24. The van der Waals surface area contributed by atoms with Gasteiger partial charge in [-0.05, 0) is 40.2 Å². The molecule has 6 heteroatoms. The van der Waals surface area contributed by atoms with Crippen LogP contribution in [-0.4, -0.2) is 0 Å². The van der Waals surface area contributed by atoms with Crippen LogP contribution in [-0.2, 0) is 0 Å². The Hall–Kier alpha value is -0.730. The van der Waals surface area contributed by atoms with Gasteiger partial charge in [0.15, 0.2) is 0 Å². The predicted octanol–water partition coefficient (Wildman–Crippen LogP) is 6.18. The van der Waals surface area contributed by atoms with Gasteiger partial charge in [0, 0.05) is 15.0 Å². The summed E-state index contributed by atoms with van der Waals surface area (Å²) in [5, 5.41) is 9.93. The molecule has 0 saturated heterocycles. The van der Waals surface area contributed by atoms with E-state index in [9.17, 15) is 0 Å². The molecule has 2 nitrogen and oxygen atoms in total. The smallest absolute Gasteiger partial charge is 0.147 e. The largest absolute Gasteiger partial charge is 0.454 e. The summed E-state index contributed by atoms with van der Waals surface area (Å²) in [7, 11) is 0. The lowest BCUT2D eigenvalue weighted by Gasteiger charge is -2.10. The molecule has 0 aromatic heterocycles. The summed E-state index contributed by atoms with van der Waals surface area (Å²) >= 11 is 18.7. The first-order chi connectivity index (χ1) is 9.01. The third kappa shape index (κ3) is 3.43. The van der Waals surface area contributed by atoms with Gasteiger partial charge in [-0.1, -0.05) is 39.1 Å². The molecule has 0 radical (unpaired) electrons. The van der Waals surface area contributed by atoms with Gasteiger partial charge in [0.25, 0.3) is 0 Å². The van der Waals surface area contributed by atoms with Crippen LogP contribution in [0.5, 0.6) is 11.5 Å². The van der Waals surface area contributed by atoms with Gasteiger partial charge in [-0.15, -0.1) is 0 Å². The Bertz CT molecular complexity index is 683. The van der Waals surface area contributed by atoms with Crippen LogP contribution in [0.1, 0.15) is 5.56 Å². The van der Waals surface area contributed by atoms with Gasteiger partial charge in [-0.25, -0.2) is 0 Å². The monoisotopic (exact) mass is 419 g/mol. The number of hydrogen-bond donors (Lipinski definition) is 0. The van der Waals surface area contributed by atoms with E-state index < -0.39 is 0 Å². The first-order valence-electron chi connectivity index (χ1n) is 5.03. The lowest BCUT2D eigenvalue weighted by atomic mass is 10.2. The zero-order valence-electron chi connectivity index (χ0n) is 9.25. The lowest BCUT2D eigenvalue weighted by molar-refractivity contribution is 0.481. The van der Waals surface area contributed by atoms with Gasteiger partial charge in [0.1, 0.15) is 17.6 Å². The number of benzene rings is 2. The summed E-state index contributed by atoms with van der Waals surface area (Å²) in [6, 6.07) is 10.4. The van der Waals surface area contributed by atoms with E-state index in [-0.39, 0.29) is 0 Å². The molecule has 0 aliphatic carbocycles. The van der Waals surface area contributed by atoms with E-state index in [1.54, 1.807) is 30.3 Å². The normalized spacial score (nSPS) is 10.1. The SMILES string of the molecule is N#Cc1ccc(Br)cc1Oc1cc(Cl)c(Br)cc1Cl. The molecule has 0 N–H and O–H groups in total. The van der Waals surface area contributed by atoms with Crippen molar-refractivity contribution in [2.75, 3.05) is 0 Å². The van der Waals surface area contributed by atoms with Crippen LogP contribution in [0.2, 0.25) is 10.0 Å². The molecule has 0 unspecified atom stereocenters. The fourth-order valence-electron chi connectivity index (χ4n) is 1.37. The van der Waals surface area contributed by atoms with Crippen molar-refractivity contribution < 1.29 is 4.74 Å². The minimum Gasteiger partial charge on any atom is -0.454 e. The molecule has 0 aliphatic heterocycles. The van der Waals surface area contributed by atoms with Gasteiger partial charge in [-0.3, -0.25) is 0 Å². The van der Waals surface area contributed by atoms with Gasteiger partial charge in [-0.2, -0.15) is 5.26 Å². The van der Waals surface area contributed by atoms with E-state index >= 15 is 0 Å². The van der Waals surface area contributed by atoms with Crippen molar-refractivity contribution in [2.24, 2.45) is 0 Å². The van der Waals surface area contributed by atoms with Crippen molar-refractivity contribution in [1.29, 1.82) is 5.26 Å². The summed E-state index contributed by atoms with van der Waals surface area (Å²) < 4.78 is 7.15.